The first-order chi connectivity index (χ1) is 18.9. The maximum Gasteiger partial charge on any atom is 0.250 e. The van der Waals surface area contributed by atoms with Gasteiger partial charge in [0.15, 0.2) is 0 Å². The minimum atomic E-state index is -0.768. The van der Waals surface area contributed by atoms with Gasteiger partial charge in [0, 0.05) is 31.7 Å². The van der Waals surface area contributed by atoms with Crippen LogP contribution >= 0.6 is 0 Å². The van der Waals surface area contributed by atoms with E-state index in [2.05, 4.69) is 17.1 Å². The number of nitrogens with one attached hydrogen (secondary N) is 1. The summed E-state index contributed by atoms with van der Waals surface area (Å²) in [4.78, 5) is 45.1. The zero-order chi connectivity index (χ0) is 27.7. The number of unbranched alkanes of at least 4 members (excludes halogenated alkanes) is 5. The average molecular weight is 537 g/mol. The molecule has 2 aromatic carbocycles. The van der Waals surface area contributed by atoms with E-state index in [1.165, 1.54) is 37.8 Å². The van der Waals surface area contributed by atoms with Crippen molar-refractivity contribution in [1.82, 2.24) is 15.1 Å². The predicted octanol–water partition coefficient (Wildman–Crippen LogP) is 4.86. The minimum absolute atomic E-state index is 0.0498. The third kappa shape index (κ3) is 7.16. The number of para-hydroxylation sites is 1. The fourth-order valence-corrected chi connectivity index (χ4v) is 5.70. The molecule has 2 aliphatic heterocycles. The first-order valence-corrected chi connectivity index (χ1v) is 14.3. The zero-order valence-electron chi connectivity index (χ0n) is 23.0. The molecule has 0 aromatic heterocycles. The third-order valence-electron chi connectivity index (χ3n) is 8.01. The Kier molecular flexibility index (Phi) is 9.96. The zero-order valence-corrected chi connectivity index (χ0v) is 23.0. The van der Waals surface area contributed by atoms with Crippen molar-refractivity contribution < 1.29 is 18.8 Å². The summed E-state index contributed by atoms with van der Waals surface area (Å²) < 4.78 is 13.2. The molecule has 1 N–H and O–H groups in total. The van der Waals surface area contributed by atoms with E-state index in [9.17, 15) is 18.8 Å². The lowest BCUT2D eigenvalue weighted by Gasteiger charge is -2.43. The molecule has 7 nitrogen and oxygen atoms in total. The molecule has 39 heavy (non-hydrogen) atoms. The molecule has 0 bridgehead atoms. The van der Waals surface area contributed by atoms with Gasteiger partial charge < -0.3 is 20.0 Å². The summed E-state index contributed by atoms with van der Waals surface area (Å²) in [5, 5.41) is 2.84. The van der Waals surface area contributed by atoms with Gasteiger partial charge in [0.1, 0.15) is 17.9 Å². The number of hydrogen-bond acceptors (Lipinski definition) is 4. The maximum absolute atomic E-state index is 13.8. The van der Waals surface area contributed by atoms with Gasteiger partial charge in [-0.3, -0.25) is 14.4 Å². The Morgan fingerprint density at radius 1 is 0.923 bits per heavy atom. The summed E-state index contributed by atoms with van der Waals surface area (Å²) in [6, 6.07) is 15.8. The highest BCUT2D eigenvalue weighted by Crippen LogP contribution is 2.39. The number of piperidine rings is 1. The number of anilines is 1. The summed E-state index contributed by atoms with van der Waals surface area (Å²) in [6.07, 6.45) is 8.52. The van der Waals surface area contributed by atoms with E-state index in [1.807, 2.05) is 35.2 Å². The lowest BCUT2D eigenvalue weighted by Crippen LogP contribution is -2.57. The van der Waals surface area contributed by atoms with E-state index in [-0.39, 0.29) is 36.6 Å². The van der Waals surface area contributed by atoms with Gasteiger partial charge in [-0.05, 0) is 49.1 Å². The van der Waals surface area contributed by atoms with Crippen molar-refractivity contribution in [2.24, 2.45) is 0 Å². The smallest absolute Gasteiger partial charge is 0.250 e. The molecule has 8 heteroatoms. The molecular formula is C31H41FN4O3. The number of benzene rings is 2. The number of nitrogens with zero attached hydrogens (tertiary/aromatic N) is 3. The standard InChI is InChI=1S/C31H41FN4O3/c1-2-3-4-5-6-10-13-29(38)34-20-18-31(19-21-34)30(39)35(24-36(31)27-11-8-7-9-12-27)23-28(37)33-22-25-14-16-26(32)17-15-25/h7-9,11-12,14-17H,2-6,10,13,18-24H2,1H3,(H,33,37). The molecular weight excluding hydrogens is 495 g/mol. The minimum Gasteiger partial charge on any atom is -0.350 e. The summed E-state index contributed by atoms with van der Waals surface area (Å²) >= 11 is 0. The van der Waals surface area contributed by atoms with Gasteiger partial charge in [0.25, 0.3) is 5.91 Å². The lowest BCUT2D eigenvalue weighted by molar-refractivity contribution is -0.140. The van der Waals surface area contributed by atoms with Crippen LogP contribution in [-0.4, -0.2) is 59.4 Å². The fourth-order valence-electron chi connectivity index (χ4n) is 5.70. The van der Waals surface area contributed by atoms with Gasteiger partial charge in [-0.25, -0.2) is 4.39 Å². The van der Waals surface area contributed by atoms with Crippen LogP contribution in [0, 0.1) is 5.82 Å². The van der Waals surface area contributed by atoms with E-state index in [0.717, 1.165) is 24.1 Å². The summed E-state index contributed by atoms with van der Waals surface area (Å²) in [6.45, 7) is 3.81. The molecule has 0 saturated carbocycles. The molecule has 0 atom stereocenters. The van der Waals surface area contributed by atoms with Gasteiger partial charge in [-0.2, -0.15) is 0 Å². The van der Waals surface area contributed by atoms with E-state index in [0.29, 0.717) is 39.0 Å². The molecule has 4 rings (SSSR count). The first-order valence-electron chi connectivity index (χ1n) is 14.3. The molecule has 2 fully saturated rings. The van der Waals surface area contributed by atoms with Crippen LogP contribution in [0.2, 0.25) is 0 Å². The van der Waals surface area contributed by atoms with E-state index >= 15 is 0 Å². The van der Waals surface area contributed by atoms with Crippen LogP contribution in [0.15, 0.2) is 54.6 Å². The highest BCUT2D eigenvalue weighted by atomic mass is 19.1. The van der Waals surface area contributed by atoms with Crippen LogP contribution in [0.5, 0.6) is 0 Å². The van der Waals surface area contributed by atoms with Gasteiger partial charge in [-0.15, -0.1) is 0 Å². The summed E-state index contributed by atoms with van der Waals surface area (Å²) in [7, 11) is 0. The highest BCUT2D eigenvalue weighted by molar-refractivity contribution is 5.96. The quantitative estimate of drug-likeness (QED) is 0.393. The van der Waals surface area contributed by atoms with E-state index in [4.69, 9.17) is 0 Å². The number of likely N-dealkylation sites (tertiary alicyclic amines) is 1. The second-order valence-corrected chi connectivity index (χ2v) is 10.7. The molecule has 2 aliphatic rings. The fraction of sp³-hybridized carbons (Fsp3) is 0.516. The van der Waals surface area contributed by atoms with Crippen molar-refractivity contribution in [2.75, 3.05) is 31.2 Å². The van der Waals surface area contributed by atoms with Crippen LogP contribution in [0.3, 0.4) is 0 Å². The Bertz CT molecular complexity index is 1100. The molecule has 2 heterocycles. The number of amides is 3. The predicted molar refractivity (Wildman–Crippen MR) is 150 cm³/mol. The van der Waals surface area contributed by atoms with Crippen LogP contribution in [0.4, 0.5) is 10.1 Å². The van der Waals surface area contributed by atoms with Crippen molar-refractivity contribution in [3.63, 3.8) is 0 Å². The molecule has 2 saturated heterocycles. The Labute approximate surface area is 231 Å². The Morgan fingerprint density at radius 3 is 2.28 bits per heavy atom. The van der Waals surface area contributed by atoms with Crippen molar-refractivity contribution in [1.29, 1.82) is 0 Å². The van der Waals surface area contributed by atoms with Gasteiger partial charge in [-0.1, -0.05) is 69.4 Å². The number of carbonyl (C=O) groups excluding carboxylic acids is 3. The van der Waals surface area contributed by atoms with Crippen molar-refractivity contribution in [2.45, 2.75) is 76.8 Å². The second-order valence-electron chi connectivity index (χ2n) is 10.7. The Hall–Kier alpha value is -3.42. The summed E-state index contributed by atoms with van der Waals surface area (Å²) in [5.41, 5.74) is 0.958. The lowest BCUT2D eigenvalue weighted by atomic mass is 9.85. The monoisotopic (exact) mass is 536 g/mol. The van der Waals surface area contributed by atoms with Crippen LogP contribution in [0.1, 0.15) is 70.3 Å². The van der Waals surface area contributed by atoms with Crippen molar-refractivity contribution >= 4 is 23.4 Å². The van der Waals surface area contributed by atoms with Gasteiger partial charge in [0.05, 0.1) is 6.67 Å². The normalized spacial score (nSPS) is 16.7. The topological polar surface area (TPSA) is 73.0 Å². The van der Waals surface area contributed by atoms with Crippen molar-refractivity contribution in [3.05, 3.63) is 66.0 Å². The largest absolute Gasteiger partial charge is 0.350 e. The van der Waals surface area contributed by atoms with Crippen LogP contribution in [-0.2, 0) is 20.9 Å². The number of carbonyl (C=O) groups is 3. The highest BCUT2D eigenvalue weighted by Gasteiger charge is 2.54. The van der Waals surface area contributed by atoms with Crippen LogP contribution < -0.4 is 10.2 Å². The Balaban J connectivity index is 1.36. The molecule has 0 radical (unpaired) electrons. The number of halogens is 1. The van der Waals surface area contributed by atoms with Gasteiger partial charge in [0.2, 0.25) is 11.8 Å². The number of rotatable bonds is 12. The van der Waals surface area contributed by atoms with Crippen LogP contribution in [0.25, 0.3) is 0 Å². The molecule has 3 amide bonds. The second kappa shape index (κ2) is 13.6. The third-order valence-corrected chi connectivity index (χ3v) is 8.01. The molecule has 0 aliphatic carbocycles. The van der Waals surface area contributed by atoms with Gasteiger partial charge >= 0.3 is 0 Å². The molecule has 0 unspecified atom stereocenters. The van der Waals surface area contributed by atoms with E-state index < -0.39 is 5.54 Å². The Morgan fingerprint density at radius 2 is 1.59 bits per heavy atom. The maximum atomic E-state index is 13.8. The first kappa shape index (κ1) is 28.6. The molecule has 210 valence electrons. The molecule has 2 aromatic rings. The SMILES string of the molecule is CCCCCCCCC(=O)N1CCC2(CC1)C(=O)N(CC(=O)NCc1ccc(F)cc1)CN2c1ccccc1. The van der Waals surface area contributed by atoms with Crippen molar-refractivity contribution in [3.8, 4) is 0 Å². The van der Waals surface area contributed by atoms with E-state index in [1.54, 1.807) is 17.0 Å². The number of hydrogen-bond donors (Lipinski definition) is 1. The average Bonchev–Trinajstić information content (AvgIpc) is 3.21. The summed E-state index contributed by atoms with van der Waals surface area (Å²) in [5.74, 6) is -0.473. The molecule has 1 spiro atoms.